The lowest BCUT2D eigenvalue weighted by atomic mass is 9.99. The van der Waals surface area contributed by atoms with E-state index in [1.807, 2.05) is 11.0 Å². The summed E-state index contributed by atoms with van der Waals surface area (Å²) < 4.78 is 30.5. The first-order chi connectivity index (χ1) is 12.5. The second-order valence-electron chi connectivity index (χ2n) is 5.72. The molecule has 0 atom stereocenters. The van der Waals surface area contributed by atoms with Crippen LogP contribution in [-0.2, 0) is 0 Å². The molecule has 0 N–H and O–H groups in total. The molecule has 26 heavy (non-hydrogen) atoms. The maximum atomic E-state index is 14.5. The van der Waals surface area contributed by atoms with Gasteiger partial charge in [0.2, 0.25) is 0 Å². The monoisotopic (exact) mass is 499 g/mol. The molecule has 2 heterocycles. The van der Waals surface area contributed by atoms with Gasteiger partial charge in [-0.25, -0.2) is 13.8 Å². The molecule has 0 amide bonds. The van der Waals surface area contributed by atoms with Crippen LogP contribution in [0.25, 0.3) is 0 Å². The minimum Gasteiger partial charge on any atom is -0.323 e. The lowest BCUT2D eigenvalue weighted by Gasteiger charge is -2.28. The number of halogens is 5. The first-order valence-electron chi connectivity index (χ1n) is 7.63. The van der Waals surface area contributed by atoms with Crippen LogP contribution < -0.4 is 4.90 Å². The molecule has 132 valence electrons. The predicted molar refractivity (Wildman–Crippen MR) is 108 cm³/mol. The predicted octanol–water partition coefficient (Wildman–Crippen LogP) is 5.69. The largest absolute Gasteiger partial charge is 0.323 e. The second-order valence-corrected chi connectivity index (χ2v) is 7.98. The summed E-state index contributed by atoms with van der Waals surface area (Å²) in [5.41, 5.74) is 1.15. The van der Waals surface area contributed by atoms with E-state index in [4.69, 9.17) is 11.6 Å². The van der Waals surface area contributed by atoms with Gasteiger partial charge in [0.05, 0.1) is 35.1 Å². The Morgan fingerprint density at radius 3 is 2.50 bits per heavy atom. The van der Waals surface area contributed by atoms with Crippen LogP contribution in [0, 0.1) is 11.6 Å². The summed E-state index contributed by atoms with van der Waals surface area (Å²) >= 11 is 13.4. The minimum absolute atomic E-state index is 0.176. The molecular formula is C18H10Br2ClF2N3. The highest BCUT2D eigenvalue weighted by Crippen LogP contribution is 2.39. The van der Waals surface area contributed by atoms with Gasteiger partial charge in [-0.05, 0) is 40.2 Å². The zero-order valence-corrected chi connectivity index (χ0v) is 17.0. The SMILES string of the molecule is Fc1cccc(F)c1C1=NCC2=NC=C(Br)CN2c2ccc(Br)c(Cl)c21. The van der Waals surface area contributed by atoms with Crippen molar-refractivity contribution in [3.63, 3.8) is 0 Å². The molecule has 3 nitrogen and oxygen atoms in total. The fourth-order valence-corrected chi connectivity index (χ4v) is 3.93. The molecule has 0 bridgehead atoms. The lowest BCUT2D eigenvalue weighted by molar-refractivity contribution is 0.579. The summed E-state index contributed by atoms with van der Waals surface area (Å²) in [5.74, 6) is -0.696. The minimum atomic E-state index is -0.688. The molecule has 2 aromatic rings. The number of hydrogen-bond acceptors (Lipinski definition) is 3. The Morgan fingerprint density at radius 1 is 1.04 bits per heavy atom. The summed E-state index contributed by atoms with van der Waals surface area (Å²) in [6.07, 6.45) is 1.70. The molecule has 0 spiro atoms. The van der Waals surface area contributed by atoms with Crippen LogP contribution >= 0.6 is 43.5 Å². The maximum absolute atomic E-state index is 14.5. The molecule has 2 aromatic carbocycles. The van der Waals surface area contributed by atoms with E-state index in [0.717, 1.165) is 4.48 Å². The van der Waals surface area contributed by atoms with Crippen molar-refractivity contribution in [2.75, 3.05) is 18.0 Å². The molecule has 4 rings (SSSR count). The van der Waals surface area contributed by atoms with Crippen molar-refractivity contribution in [1.82, 2.24) is 0 Å². The molecule has 2 aliphatic rings. The molecule has 0 saturated heterocycles. The van der Waals surface area contributed by atoms with E-state index in [-0.39, 0.29) is 17.8 Å². The van der Waals surface area contributed by atoms with Crippen molar-refractivity contribution >= 4 is 60.7 Å². The number of anilines is 1. The molecular weight excluding hydrogens is 491 g/mol. The van der Waals surface area contributed by atoms with E-state index in [2.05, 4.69) is 41.8 Å². The van der Waals surface area contributed by atoms with E-state index < -0.39 is 11.6 Å². The Hall–Kier alpha value is -1.57. The fraction of sp³-hybridized carbons (Fsp3) is 0.111. The molecule has 2 aliphatic heterocycles. The summed E-state index contributed by atoms with van der Waals surface area (Å²) in [6, 6.07) is 7.38. The van der Waals surface area contributed by atoms with Crippen molar-refractivity contribution in [2.24, 2.45) is 9.98 Å². The molecule has 0 saturated carbocycles. The molecule has 0 aliphatic carbocycles. The fourth-order valence-electron chi connectivity index (χ4n) is 3.00. The number of hydrogen-bond donors (Lipinski definition) is 0. The summed E-state index contributed by atoms with van der Waals surface area (Å²) in [7, 11) is 0. The number of nitrogens with zero attached hydrogens (tertiary/aromatic N) is 3. The van der Waals surface area contributed by atoms with Gasteiger partial charge >= 0.3 is 0 Å². The highest BCUT2D eigenvalue weighted by molar-refractivity contribution is 9.11. The number of benzene rings is 2. The van der Waals surface area contributed by atoms with Gasteiger partial charge in [-0.1, -0.05) is 33.6 Å². The average Bonchev–Trinajstić information content (AvgIpc) is 2.76. The first-order valence-corrected chi connectivity index (χ1v) is 9.59. The van der Waals surface area contributed by atoms with Gasteiger partial charge in [-0.15, -0.1) is 0 Å². The van der Waals surface area contributed by atoms with Gasteiger partial charge in [0.15, 0.2) is 0 Å². The summed E-state index contributed by atoms with van der Waals surface area (Å²) in [4.78, 5) is 10.8. The Balaban J connectivity index is 2.02. The van der Waals surface area contributed by atoms with Crippen LogP contribution in [0.15, 0.2) is 55.5 Å². The van der Waals surface area contributed by atoms with Crippen LogP contribution in [0.2, 0.25) is 5.02 Å². The second kappa shape index (κ2) is 6.87. The van der Waals surface area contributed by atoms with Crippen molar-refractivity contribution < 1.29 is 8.78 Å². The van der Waals surface area contributed by atoms with Crippen LogP contribution in [0.1, 0.15) is 11.1 Å². The van der Waals surface area contributed by atoms with Gasteiger partial charge < -0.3 is 4.90 Å². The average molecular weight is 502 g/mol. The van der Waals surface area contributed by atoms with Crippen LogP contribution in [0.4, 0.5) is 14.5 Å². The standard InChI is InChI=1S/C18H10Br2ClF2N3/c19-9-6-24-14-7-25-18(15-11(22)2-1-3-12(15)23)16-13(26(14)8-9)5-4-10(20)17(16)21/h1-6H,7-8H2. The van der Waals surface area contributed by atoms with E-state index in [1.54, 1.807) is 12.3 Å². The number of rotatable bonds is 1. The number of amidine groups is 1. The number of fused-ring (bicyclic) bond motifs is 3. The Bertz CT molecular complexity index is 997. The van der Waals surface area contributed by atoms with Gasteiger partial charge in [0.25, 0.3) is 0 Å². The summed E-state index contributed by atoms with van der Waals surface area (Å²) in [6.45, 7) is 0.717. The van der Waals surface area contributed by atoms with E-state index >= 15 is 0 Å². The quantitative estimate of drug-likeness (QED) is 0.494. The van der Waals surface area contributed by atoms with Crippen molar-refractivity contribution in [3.8, 4) is 0 Å². The molecule has 0 aromatic heterocycles. The third kappa shape index (κ3) is 2.92. The van der Waals surface area contributed by atoms with Gasteiger partial charge in [-0.2, -0.15) is 0 Å². The Labute approximate surface area is 170 Å². The van der Waals surface area contributed by atoms with Crippen molar-refractivity contribution in [2.45, 2.75) is 0 Å². The topological polar surface area (TPSA) is 28.0 Å². The van der Waals surface area contributed by atoms with Crippen LogP contribution in [0.5, 0.6) is 0 Å². The van der Waals surface area contributed by atoms with Gasteiger partial charge in [0, 0.05) is 20.7 Å². The zero-order chi connectivity index (χ0) is 18.4. The van der Waals surface area contributed by atoms with Crippen LogP contribution in [-0.4, -0.2) is 24.6 Å². The van der Waals surface area contributed by atoms with Crippen molar-refractivity contribution in [1.29, 1.82) is 0 Å². The van der Waals surface area contributed by atoms with Gasteiger partial charge in [-0.3, -0.25) is 4.99 Å². The summed E-state index contributed by atoms with van der Waals surface area (Å²) in [5, 5.41) is 0.343. The van der Waals surface area contributed by atoms with E-state index in [1.165, 1.54) is 18.2 Å². The molecule has 0 radical (unpaired) electrons. The zero-order valence-electron chi connectivity index (χ0n) is 13.1. The smallest absolute Gasteiger partial charge is 0.135 e. The molecule has 0 fully saturated rings. The molecule has 8 heteroatoms. The van der Waals surface area contributed by atoms with E-state index in [0.29, 0.717) is 33.1 Å². The Kier molecular flexibility index (Phi) is 4.71. The lowest BCUT2D eigenvalue weighted by Crippen LogP contribution is -2.35. The third-order valence-electron chi connectivity index (χ3n) is 4.15. The highest BCUT2D eigenvalue weighted by Gasteiger charge is 2.30. The van der Waals surface area contributed by atoms with Crippen LogP contribution in [0.3, 0.4) is 0 Å². The first kappa shape index (κ1) is 17.8. The van der Waals surface area contributed by atoms with Crippen molar-refractivity contribution in [3.05, 3.63) is 73.3 Å². The normalized spacial score (nSPS) is 16.2. The third-order valence-corrected chi connectivity index (χ3v) is 5.89. The van der Waals surface area contributed by atoms with Gasteiger partial charge in [0.1, 0.15) is 17.5 Å². The van der Waals surface area contributed by atoms with E-state index in [9.17, 15) is 8.78 Å². The highest BCUT2D eigenvalue weighted by atomic mass is 79.9. The Morgan fingerprint density at radius 2 is 1.77 bits per heavy atom. The number of aliphatic imine (C=N–C) groups is 2. The maximum Gasteiger partial charge on any atom is 0.135 e. The molecule has 0 unspecified atom stereocenters.